The van der Waals surface area contributed by atoms with Crippen LogP contribution in [0.5, 0.6) is 5.75 Å². The number of carbonyl (C=O) groups is 2. The number of hydrogen-bond acceptors (Lipinski definition) is 5. The fraction of sp³-hybridized carbons (Fsp3) is 0.235. The van der Waals surface area contributed by atoms with E-state index in [-0.39, 0.29) is 6.54 Å². The van der Waals surface area contributed by atoms with Gasteiger partial charge in [0.05, 0.1) is 25.1 Å². The van der Waals surface area contributed by atoms with Crippen LogP contribution < -0.4 is 15.4 Å². The Hall–Kier alpha value is -2.93. The van der Waals surface area contributed by atoms with Crippen molar-refractivity contribution in [1.29, 1.82) is 0 Å². The average Bonchev–Trinajstić information content (AvgIpc) is 2.63. The predicted molar refractivity (Wildman–Crippen MR) is 88.6 cm³/mol. The smallest absolute Gasteiger partial charge is 0.313 e. The minimum Gasteiger partial charge on any atom is -0.497 e. The summed E-state index contributed by atoms with van der Waals surface area (Å²) in [4.78, 5) is 27.6. The van der Waals surface area contributed by atoms with Gasteiger partial charge in [-0.05, 0) is 29.8 Å². The molecule has 126 valence electrons. The highest BCUT2D eigenvalue weighted by molar-refractivity contribution is 6.39. The van der Waals surface area contributed by atoms with Gasteiger partial charge in [-0.15, -0.1) is 0 Å². The highest BCUT2D eigenvalue weighted by atomic mass is 16.5. The van der Waals surface area contributed by atoms with E-state index < -0.39 is 17.9 Å². The van der Waals surface area contributed by atoms with Gasteiger partial charge >= 0.3 is 11.8 Å². The van der Waals surface area contributed by atoms with Crippen LogP contribution in [0.1, 0.15) is 11.7 Å². The second kappa shape index (κ2) is 8.64. The fourth-order valence-electron chi connectivity index (χ4n) is 2.07. The Balaban J connectivity index is 1.92. The van der Waals surface area contributed by atoms with Crippen LogP contribution >= 0.6 is 0 Å². The molecule has 1 atom stereocenters. The molecule has 0 fully saturated rings. The normalized spacial score (nSPS) is 11.4. The van der Waals surface area contributed by atoms with Gasteiger partial charge in [0.15, 0.2) is 0 Å². The van der Waals surface area contributed by atoms with Crippen LogP contribution in [0.15, 0.2) is 48.8 Å². The zero-order chi connectivity index (χ0) is 17.4. The highest BCUT2D eigenvalue weighted by Crippen LogP contribution is 2.20. The molecule has 2 aromatic rings. The van der Waals surface area contributed by atoms with Crippen molar-refractivity contribution in [3.05, 3.63) is 54.4 Å². The molecule has 7 heteroatoms. The van der Waals surface area contributed by atoms with Crippen LogP contribution in [0.3, 0.4) is 0 Å². The molecule has 2 rings (SSSR count). The number of ether oxygens (including phenoxy) is 2. The molecule has 1 heterocycles. The van der Waals surface area contributed by atoms with E-state index in [0.717, 1.165) is 5.56 Å². The summed E-state index contributed by atoms with van der Waals surface area (Å²) in [6.45, 7) is 0.156. The third kappa shape index (κ3) is 4.79. The van der Waals surface area contributed by atoms with Gasteiger partial charge in [-0.2, -0.15) is 0 Å². The predicted octanol–water partition coefficient (Wildman–Crippen LogP) is 1.53. The second-order valence-corrected chi connectivity index (χ2v) is 4.91. The van der Waals surface area contributed by atoms with Crippen molar-refractivity contribution in [3.8, 4) is 5.75 Å². The average molecular weight is 329 g/mol. The highest BCUT2D eigenvalue weighted by Gasteiger charge is 2.17. The largest absolute Gasteiger partial charge is 0.497 e. The molecule has 2 amide bonds. The van der Waals surface area contributed by atoms with Crippen molar-refractivity contribution in [3.63, 3.8) is 0 Å². The lowest BCUT2D eigenvalue weighted by Gasteiger charge is -2.17. The fourth-order valence-corrected chi connectivity index (χ4v) is 2.07. The number of aromatic nitrogens is 1. The molecule has 0 bridgehead atoms. The summed E-state index contributed by atoms with van der Waals surface area (Å²) < 4.78 is 10.5. The van der Waals surface area contributed by atoms with E-state index in [2.05, 4.69) is 15.6 Å². The molecule has 0 unspecified atom stereocenters. The molecule has 0 radical (unpaired) electrons. The van der Waals surface area contributed by atoms with Gasteiger partial charge in [0.1, 0.15) is 5.75 Å². The Morgan fingerprint density at radius 1 is 1.17 bits per heavy atom. The number of amides is 2. The maximum Gasteiger partial charge on any atom is 0.313 e. The summed E-state index contributed by atoms with van der Waals surface area (Å²) >= 11 is 0. The molecule has 0 spiro atoms. The number of nitrogens with zero attached hydrogens (tertiary/aromatic N) is 1. The number of benzene rings is 1. The Kier molecular flexibility index (Phi) is 6.27. The van der Waals surface area contributed by atoms with Crippen LogP contribution in [-0.4, -0.2) is 37.6 Å². The molecular weight excluding hydrogens is 310 g/mol. The third-order valence-electron chi connectivity index (χ3n) is 3.32. The first-order chi connectivity index (χ1) is 11.6. The lowest BCUT2D eigenvalue weighted by Crippen LogP contribution is -2.38. The molecule has 0 aliphatic carbocycles. The summed E-state index contributed by atoms with van der Waals surface area (Å²) in [7, 11) is 3.11. The van der Waals surface area contributed by atoms with E-state index in [1.54, 1.807) is 25.4 Å². The minimum atomic E-state index is -0.761. The molecule has 24 heavy (non-hydrogen) atoms. The maximum atomic E-state index is 11.9. The van der Waals surface area contributed by atoms with Crippen molar-refractivity contribution >= 4 is 17.5 Å². The van der Waals surface area contributed by atoms with E-state index >= 15 is 0 Å². The van der Waals surface area contributed by atoms with Crippen molar-refractivity contribution in [2.45, 2.75) is 6.10 Å². The maximum absolute atomic E-state index is 11.9. The van der Waals surface area contributed by atoms with Crippen molar-refractivity contribution < 1.29 is 19.1 Å². The van der Waals surface area contributed by atoms with E-state index in [9.17, 15) is 9.59 Å². The molecule has 1 aromatic carbocycles. The van der Waals surface area contributed by atoms with E-state index in [4.69, 9.17) is 9.47 Å². The summed E-state index contributed by atoms with van der Waals surface area (Å²) in [5.41, 5.74) is 1.29. The molecule has 0 aliphatic heterocycles. The Labute approximate surface area is 140 Å². The van der Waals surface area contributed by atoms with Gasteiger partial charge in [0.25, 0.3) is 0 Å². The van der Waals surface area contributed by atoms with Crippen molar-refractivity contribution in [2.24, 2.45) is 0 Å². The van der Waals surface area contributed by atoms with Gasteiger partial charge in [0.2, 0.25) is 0 Å². The molecule has 0 aliphatic rings. The minimum absolute atomic E-state index is 0.156. The Morgan fingerprint density at radius 2 is 2.00 bits per heavy atom. The van der Waals surface area contributed by atoms with Crippen molar-refractivity contribution in [1.82, 2.24) is 10.3 Å². The van der Waals surface area contributed by atoms with Crippen LogP contribution in [0.25, 0.3) is 0 Å². The van der Waals surface area contributed by atoms with Gasteiger partial charge < -0.3 is 20.1 Å². The molecule has 0 saturated carbocycles. The Bertz CT molecular complexity index is 691. The summed E-state index contributed by atoms with van der Waals surface area (Å²) in [6.07, 6.45) is 2.64. The van der Waals surface area contributed by atoms with Crippen LogP contribution in [0.2, 0.25) is 0 Å². The monoisotopic (exact) mass is 329 g/mol. The molecule has 0 saturated heterocycles. The van der Waals surface area contributed by atoms with Gasteiger partial charge in [0, 0.05) is 19.9 Å². The zero-order valence-electron chi connectivity index (χ0n) is 13.5. The summed E-state index contributed by atoms with van der Waals surface area (Å²) in [5, 5.41) is 5.02. The summed E-state index contributed by atoms with van der Waals surface area (Å²) in [5.74, 6) is -0.817. The summed E-state index contributed by atoms with van der Waals surface area (Å²) in [6, 6.07) is 10.6. The van der Waals surface area contributed by atoms with E-state index in [1.165, 1.54) is 13.3 Å². The van der Waals surface area contributed by atoms with Gasteiger partial charge in [-0.1, -0.05) is 12.1 Å². The molecule has 1 aromatic heterocycles. The first-order valence-electron chi connectivity index (χ1n) is 7.30. The van der Waals surface area contributed by atoms with E-state index in [0.29, 0.717) is 11.4 Å². The van der Waals surface area contributed by atoms with Crippen LogP contribution in [-0.2, 0) is 14.3 Å². The van der Waals surface area contributed by atoms with Crippen LogP contribution in [0, 0.1) is 0 Å². The number of rotatable bonds is 6. The number of carbonyl (C=O) groups excluding carboxylic acids is 2. The third-order valence-corrected chi connectivity index (χ3v) is 3.32. The van der Waals surface area contributed by atoms with Crippen molar-refractivity contribution in [2.75, 3.05) is 26.1 Å². The number of nitrogens with one attached hydrogen (secondary N) is 2. The topological polar surface area (TPSA) is 89.5 Å². The SMILES string of the molecule is COc1cccc([C@@H](CNC(=O)C(=O)Nc2cccnc2)OC)c1. The lowest BCUT2D eigenvalue weighted by atomic mass is 10.1. The second-order valence-electron chi connectivity index (χ2n) is 4.91. The molecular formula is C17H19N3O4. The number of methoxy groups -OCH3 is 2. The standard InChI is InChI=1S/C17H19N3O4/c1-23-14-7-3-5-12(9-14)15(24-2)11-19-16(21)17(22)20-13-6-4-8-18-10-13/h3-10,15H,11H2,1-2H3,(H,19,21)(H,20,22)/t15-/m1/s1. The molecule has 7 nitrogen and oxygen atoms in total. The van der Waals surface area contributed by atoms with Crippen LogP contribution in [0.4, 0.5) is 5.69 Å². The zero-order valence-corrected chi connectivity index (χ0v) is 13.5. The first kappa shape index (κ1) is 17.4. The quantitative estimate of drug-likeness (QED) is 0.785. The molecule has 2 N–H and O–H groups in total. The number of pyridine rings is 1. The van der Waals surface area contributed by atoms with E-state index in [1.807, 2.05) is 24.3 Å². The lowest BCUT2D eigenvalue weighted by molar-refractivity contribution is -0.136. The van der Waals surface area contributed by atoms with Gasteiger partial charge in [-0.3, -0.25) is 14.6 Å². The first-order valence-corrected chi connectivity index (χ1v) is 7.30. The number of hydrogen-bond donors (Lipinski definition) is 2. The number of anilines is 1. The Morgan fingerprint density at radius 3 is 2.67 bits per heavy atom. The van der Waals surface area contributed by atoms with Gasteiger partial charge in [-0.25, -0.2) is 0 Å².